The maximum absolute atomic E-state index is 13.1. The number of hydrogen-bond donors (Lipinski definition) is 1. The highest BCUT2D eigenvalue weighted by molar-refractivity contribution is 6.07. The number of nitrogens with zero attached hydrogens (tertiary/aromatic N) is 3. The van der Waals surface area contributed by atoms with Crippen molar-refractivity contribution in [3.05, 3.63) is 66.0 Å². The van der Waals surface area contributed by atoms with Gasteiger partial charge in [-0.1, -0.05) is 24.3 Å². The molecule has 6 nitrogen and oxygen atoms in total. The molecule has 5 rings (SSSR count). The van der Waals surface area contributed by atoms with Crippen LogP contribution in [0.3, 0.4) is 0 Å². The van der Waals surface area contributed by atoms with E-state index in [0.717, 1.165) is 11.3 Å². The Labute approximate surface area is 156 Å². The minimum atomic E-state index is -0.522. The number of benzene rings is 2. The third kappa shape index (κ3) is 2.33. The maximum Gasteiger partial charge on any atom is 0.256 e. The van der Waals surface area contributed by atoms with Gasteiger partial charge in [0.2, 0.25) is 5.91 Å². The zero-order valence-electron chi connectivity index (χ0n) is 14.7. The number of likely N-dealkylation sites (tertiary alicyclic amines) is 1. The van der Waals surface area contributed by atoms with Gasteiger partial charge in [0.15, 0.2) is 0 Å². The van der Waals surface area contributed by atoms with Gasteiger partial charge in [-0.05, 0) is 36.6 Å². The lowest BCUT2D eigenvalue weighted by Crippen LogP contribution is -2.48. The number of amides is 2. The van der Waals surface area contributed by atoms with Crippen LogP contribution in [0.2, 0.25) is 0 Å². The molecule has 27 heavy (non-hydrogen) atoms. The largest absolute Gasteiger partial charge is 0.338 e. The zero-order valence-corrected chi connectivity index (χ0v) is 14.7. The second-order valence-corrected chi connectivity index (χ2v) is 7.10. The van der Waals surface area contributed by atoms with Crippen LogP contribution in [0.4, 0.5) is 5.69 Å². The van der Waals surface area contributed by atoms with Gasteiger partial charge in [0.25, 0.3) is 5.91 Å². The van der Waals surface area contributed by atoms with Crippen LogP contribution in [-0.2, 0) is 10.2 Å². The summed E-state index contributed by atoms with van der Waals surface area (Å²) in [5, 5.41) is 3.00. The highest BCUT2D eigenvalue weighted by atomic mass is 16.2. The minimum Gasteiger partial charge on any atom is -0.338 e. The minimum absolute atomic E-state index is 0.0480. The summed E-state index contributed by atoms with van der Waals surface area (Å²) in [5.74, 6) is -0.00512. The molecule has 0 radical (unpaired) electrons. The SMILES string of the molecule is O=C(c1cccc2nccnc12)N1CCC2(CC1)C(=O)Nc1ccccc12. The van der Waals surface area contributed by atoms with Gasteiger partial charge in [-0.15, -0.1) is 0 Å². The molecule has 134 valence electrons. The molecule has 1 fully saturated rings. The molecule has 0 atom stereocenters. The van der Waals surface area contributed by atoms with E-state index in [1.54, 1.807) is 18.5 Å². The first-order valence-electron chi connectivity index (χ1n) is 9.09. The first kappa shape index (κ1) is 15.9. The summed E-state index contributed by atoms with van der Waals surface area (Å²) in [6, 6.07) is 13.3. The molecule has 6 heteroatoms. The van der Waals surface area contributed by atoms with E-state index >= 15 is 0 Å². The molecule has 1 N–H and O–H groups in total. The number of nitrogens with one attached hydrogen (secondary N) is 1. The van der Waals surface area contributed by atoms with Gasteiger partial charge in [0, 0.05) is 31.2 Å². The Bertz CT molecular complexity index is 1070. The summed E-state index contributed by atoms with van der Waals surface area (Å²) in [4.78, 5) is 36.2. The smallest absolute Gasteiger partial charge is 0.256 e. The summed E-state index contributed by atoms with van der Waals surface area (Å²) in [6.45, 7) is 1.08. The molecule has 3 heterocycles. The van der Waals surface area contributed by atoms with Crippen LogP contribution in [0.1, 0.15) is 28.8 Å². The van der Waals surface area contributed by atoms with Crippen molar-refractivity contribution >= 4 is 28.5 Å². The van der Waals surface area contributed by atoms with E-state index in [2.05, 4.69) is 15.3 Å². The predicted molar refractivity (Wildman–Crippen MR) is 101 cm³/mol. The Hall–Kier alpha value is -3.28. The van der Waals surface area contributed by atoms with E-state index in [1.807, 2.05) is 41.3 Å². The van der Waals surface area contributed by atoms with E-state index in [9.17, 15) is 9.59 Å². The number of hydrogen-bond acceptors (Lipinski definition) is 4. The second-order valence-electron chi connectivity index (χ2n) is 7.10. The Morgan fingerprint density at radius 3 is 2.63 bits per heavy atom. The quantitative estimate of drug-likeness (QED) is 0.726. The highest BCUT2D eigenvalue weighted by Gasteiger charge is 2.48. The molecule has 0 saturated carbocycles. The second kappa shape index (κ2) is 5.87. The summed E-state index contributed by atoms with van der Waals surface area (Å²) < 4.78 is 0. The van der Waals surface area contributed by atoms with Gasteiger partial charge < -0.3 is 10.2 Å². The van der Waals surface area contributed by atoms with Crippen LogP contribution in [0.5, 0.6) is 0 Å². The normalized spacial score (nSPS) is 17.8. The summed E-state index contributed by atoms with van der Waals surface area (Å²) in [6.07, 6.45) is 4.47. The Morgan fingerprint density at radius 2 is 1.78 bits per heavy atom. The van der Waals surface area contributed by atoms with Crippen molar-refractivity contribution in [2.24, 2.45) is 0 Å². The summed E-state index contributed by atoms with van der Waals surface area (Å²) in [5.41, 5.74) is 3.32. The van der Waals surface area contributed by atoms with Crippen molar-refractivity contribution in [2.45, 2.75) is 18.3 Å². The van der Waals surface area contributed by atoms with Gasteiger partial charge in [0.1, 0.15) is 5.52 Å². The molecule has 0 aliphatic carbocycles. The van der Waals surface area contributed by atoms with Crippen molar-refractivity contribution in [2.75, 3.05) is 18.4 Å². The zero-order chi connectivity index (χ0) is 18.4. The first-order chi connectivity index (χ1) is 13.2. The fourth-order valence-corrected chi connectivity index (χ4v) is 4.30. The van der Waals surface area contributed by atoms with E-state index in [1.165, 1.54) is 0 Å². The molecular weight excluding hydrogens is 340 g/mol. The molecule has 3 aromatic rings. The monoisotopic (exact) mass is 358 g/mol. The van der Waals surface area contributed by atoms with Gasteiger partial charge in [-0.2, -0.15) is 0 Å². The van der Waals surface area contributed by atoms with Crippen molar-refractivity contribution in [3.63, 3.8) is 0 Å². The van der Waals surface area contributed by atoms with Crippen LogP contribution in [0, 0.1) is 0 Å². The van der Waals surface area contributed by atoms with E-state index in [-0.39, 0.29) is 11.8 Å². The predicted octanol–water partition coefficient (Wildman–Crippen LogP) is 2.76. The van der Waals surface area contributed by atoms with Crippen LogP contribution >= 0.6 is 0 Å². The fraction of sp³-hybridized carbons (Fsp3) is 0.238. The lowest BCUT2D eigenvalue weighted by molar-refractivity contribution is -0.122. The lowest BCUT2D eigenvalue weighted by atomic mass is 9.73. The number of anilines is 1. The number of aromatic nitrogens is 2. The van der Waals surface area contributed by atoms with Crippen molar-refractivity contribution in [1.29, 1.82) is 0 Å². The topological polar surface area (TPSA) is 75.2 Å². The van der Waals surface area contributed by atoms with Crippen molar-refractivity contribution in [1.82, 2.24) is 14.9 Å². The molecular formula is C21H18N4O2. The van der Waals surface area contributed by atoms with Crippen LogP contribution in [-0.4, -0.2) is 39.8 Å². The molecule has 1 saturated heterocycles. The molecule has 0 bridgehead atoms. The lowest BCUT2D eigenvalue weighted by Gasteiger charge is -2.38. The number of para-hydroxylation sites is 2. The van der Waals surface area contributed by atoms with E-state index in [4.69, 9.17) is 0 Å². The number of rotatable bonds is 1. The van der Waals surface area contributed by atoms with Crippen LogP contribution in [0.15, 0.2) is 54.9 Å². The molecule has 1 aromatic heterocycles. The third-order valence-electron chi connectivity index (χ3n) is 5.76. The maximum atomic E-state index is 13.1. The number of fused-ring (bicyclic) bond motifs is 3. The van der Waals surface area contributed by atoms with E-state index in [0.29, 0.717) is 42.5 Å². The molecule has 2 aliphatic heterocycles. The number of piperidine rings is 1. The van der Waals surface area contributed by atoms with E-state index < -0.39 is 5.41 Å². The summed E-state index contributed by atoms with van der Waals surface area (Å²) in [7, 11) is 0. The Morgan fingerprint density at radius 1 is 1.00 bits per heavy atom. The average Bonchev–Trinajstić information content (AvgIpc) is 2.99. The standard InChI is InChI=1S/C21H18N4O2/c26-19(14-4-3-7-17-18(14)23-11-10-22-17)25-12-8-21(9-13-25)15-5-1-2-6-16(15)24-20(21)27/h1-7,10-11H,8-9,12-13H2,(H,24,27). The summed E-state index contributed by atoms with van der Waals surface area (Å²) >= 11 is 0. The molecule has 0 unspecified atom stereocenters. The first-order valence-corrected chi connectivity index (χ1v) is 9.09. The number of carbonyl (C=O) groups excluding carboxylic acids is 2. The molecule has 2 aromatic carbocycles. The molecule has 2 aliphatic rings. The van der Waals surface area contributed by atoms with Crippen molar-refractivity contribution < 1.29 is 9.59 Å². The third-order valence-corrected chi connectivity index (χ3v) is 5.76. The van der Waals surface area contributed by atoms with Gasteiger partial charge in [-0.25, -0.2) is 0 Å². The van der Waals surface area contributed by atoms with Gasteiger partial charge in [-0.3, -0.25) is 19.6 Å². The van der Waals surface area contributed by atoms with Crippen molar-refractivity contribution in [3.8, 4) is 0 Å². The highest BCUT2D eigenvalue weighted by Crippen LogP contribution is 2.44. The van der Waals surface area contributed by atoms with Crippen LogP contribution in [0.25, 0.3) is 11.0 Å². The Balaban J connectivity index is 1.42. The average molecular weight is 358 g/mol. The molecule has 2 amide bonds. The van der Waals surface area contributed by atoms with Crippen LogP contribution < -0.4 is 5.32 Å². The Kier molecular flexibility index (Phi) is 3.47. The number of carbonyl (C=O) groups is 2. The van der Waals surface area contributed by atoms with Gasteiger partial charge >= 0.3 is 0 Å². The molecule has 1 spiro atoms. The fourth-order valence-electron chi connectivity index (χ4n) is 4.30. The van der Waals surface area contributed by atoms with Gasteiger partial charge in [0.05, 0.1) is 16.5 Å².